The van der Waals surface area contributed by atoms with Crippen molar-refractivity contribution < 1.29 is 28.6 Å². The van der Waals surface area contributed by atoms with Crippen molar-refractivity contribution in [3.8, 4) is 17.2 Å². The molecule has 4 rings (SSSR count). The topological polar surface area (TPSA) is 120 Å². The molecule has 1 fully saturated rings. The number of hydrogen-bond donors (Lipinski definition) is 2. The molecule has 1 saturated heterocycles. The van der Waals surface area contributed by atoms with Gasteiger partial charge in [0.1, 0.15) is 17.7 Å². The van der Waals surface area contributed by atoms with Crippen molar-refractivity contribution in [2.75, 3.05) is 31.8 Å². The van der Waals surface area contributed by atoms with Crippen LogP contribution in [0.1, 0.15) is 47.1 Å². The molecule has 3 aromatic rings. The molecule has 0 bridgehead atoms. The summed E-state index contributed by atoms with van der Waals surface area (Å²) in [6.45, 7) is 8.98. The van der Waals surface area contributed by atoms with Gasteiger partial charge >= 0.3 is 0 Å². The van der Waals surface area contributed by atoms with E-state index in [1.54, 1.807) is 36.3 Å². The number of ether oxygens (including phenoxy) is 3. The van der Waals surface area contributed by atoms with E-state index in [9.17, 15) is 14.4 Å². The Morgan fingerprint density at radius 1 is 1.05 bits per heavy atom. The van der Waals surface area contributed by atoms with E-state index in [1.165, 1.54) is 11.8 Å². The predicted molar refractivity (Wildman–Crippen MR) is 169 cm³/mol. The Kier molecular flexibility index (Phi) is 10.7. The number of benzene rings is 3. The Bertz CT molecular complexity index is 1480. The number of nitrogens with zero attached hydrogens (tertiary/aromatic N) is 1. The molecule has 3 N–H and O–H groups in total. The van der Waals surface area contributed by atoms with Crippen LogP contribution in [0.3, 0.4) is 0 Å². The van der Waals surface area contributed by atoms with Gasteiger partial charge < -0.3 is 25.3 Å². The van der Waals surface area contributed by atoms with Crippen molar-refractivity contribution in [1.82, 2.24) is 5.32 Å². The number of anilines is 1. The zero-order valence-corrected chi connectivity index (χ0v) is 25.4. The predicted octanol–water partition coefficient (Wildman–Crippen LogP) is 5.04. The van der Waals surface area contributed by atoms with Crippen LogP contribution in [0.15, 0.2) is 78.9 Å². The van der Waals surface area contributed by atoms with Crippen molar-refractivity contribution in [2.45, 2.75) is 37.3 Å². The van der Waals surface area contributed by atoms with Crippen LogP contribution < -0.4 is 30.2 Å². The molecule has 0 saturated carbocycles. The summed E-state index contributed by atoms with van der Waals surface area (Å²) in [5.74, 6) is 0.970. The van der Waals surface area contributed by atoms with Crippen LogP contribution >= 0.6 is 11.8 Å². The highest BCUT2D eigenvalue weighted by atomic mass is 32.2. The third-order valence-corrected chi connectivity index (χ3v) is 8.17. The van der Waals surface area contributed by atoms with E-state index < -0.39 is 16.5 Å². The molecule has 3 aromatic carbocycles. The smallest absolute Gasteiger partial charge is 0.248 e. The highest BCUT2D eigenvalue weighted by molar-refractivity contribution is 8.01. The second-order valence-corrected chi connectivity index (χ2v) is 11.4. The summed E-state index contributed by atoms with van der Waals surface area (Å²) in [5.41, 5.74) is 9.10. The number of thioether (sulfide) groups is 1. The number of methoxy groups -OCH3 is 1. The molecular weight excluding hydrogens is 566 g/mol. The molecule has 1 aliphatic rings. The molecule has 0 radical (unpaired) electrons. The minimum atomic E-state index is -0.618. The SMILES string of the molecule is C=C(C)COc1ccc([C@@H]2S[C@H](CC(=O)NCCc3ccc(OC)c(OCC)c3)C(=O)N2c2cccc(C(N)=O)c2)cc1. The fraction of sp³-hybridized carbons (Fsp3) is 0.303. The standard InChI is InChI=1S/C33H37N3O6S/c1-5-41-28-17-22(9-14-27(28)40-4)15-16-35-30(37)19-29-32(39)36(25-8-6-7-24(18-25)31(34)38)33(43-29)23-10-12-26(13-11-23)42-20-21(2)3/h6-14,17-18,29,33H,2,5,15-16,19-20H2,1,3-4H3,(H2,34,38)(H,35,37)/t29-,33+/m1/s1. The zero-order valence-electron chi connectivity index (χ0n) is 24.6. The van der Waals surface area contributed by atoms with E-state index in [2.05, 4.69) is 11.9 Å². The van der Waals surface area contributed by atoms with E-state index >= 15 is 0 Å². The van der Waals surface area contributed by atoms with E-state index in [-0.39, 0.29) is 18.2 Å². The van der Waals surface area contributed by atoms with Gasteiger partial charge in [-0.2, -0.15) is 0 Å². The number of primary amides is 1. The number of carbonyl (C=O) groups excluding carboxylic acids is 3. The first-order valence-electron chi connectivity index (χ1n) is 14.0. The van der Waals surface area contributed by atoms with Crippen molar-refractivity contribution >= 4 is 35.2 Å². The number of nitrogens with two attached hydrogens (primary N) is 1. The van der Waals surface area contributed by atoms with Crippen LogP contribution in [0.4, 0.5) is 5.69 Å². The number of nitrogens with one attached hydrogen (secondary N) is 1. The van der Waals surface area contributed by atoms with Gasteiger partial charge in [0.05, 0.1) is 19.0 Å². The minimum Gasteiger partial charge on any atom is -0.493 e. The van der Waals surface area contributed by atoms with Crippen molar-refractivity contribution in [1.29, 1.82) is 0 Å². The number of rotatable bonds is 14. The lowest BCUT2D eigenvalue weighted by atomic mass is 10.1. The van der Waals surface area contributed by atoms with Crippen LogP contribution in [0.5, 0.6) is 17.2 Å². The summed E-state index contributed by atoms with van der Waals surface area (Å²) < 4.78 is 16.7. The van der Waals surface area contributed by atoms with Gasteiger partial charge in [-0.1, -0.05) is 30.8 Å². The molecule has 10 heteroatoms. The van der Waals surface area contributed by atoms with Crippen LogP contribution in [-0.2, 0) is 16.0 Å². The summed E-state index contributed by atoms with van der Waals surface area (Å²) in [6, 6.07) is 19.8. The zero-order chi connectivity index (χ0) is 30.9. The Morgan fingerprint density at radius 3 is 2.49 bits per heavy atom. The lowest BCUT2D eigenvalue weighted by Gasteiger charge is -2.25. The second-order valence-electron chi connectivity index (χ2n) is 10.1. The van der Waals surface area contributed by atoms with E-state index in [4.69, 9.17) is 19.9 Å². The van der Waals surface area contributed by atoms with Crippen molar-refractivity contribution in [3.05, 3.63) is 95.6 Å². The molecule has 43 heavy (non-hydrogen) atoms. The lowest BCUT2D eigenvalue weighted by molar-refractivity contribution is -0.124. The fourth-order valence-electron chi connectivity index (χ4n) is 4.65. The van der Waals surface area contributed by atoms with E-state index in [0.29, 0.717) is 54.7 Å². The van der Waals surface area contributed by atoms with Crippen LogP contribution in [-0.4, -0.2) is 49.8 Å². The molecular formula is C33H37N3O6S. The third-order valence-electron chi connectivity index (χ3n) is 6.73. The maximum atomic E-state index is 13.8. The van der Waals surface area contributed by atoms with Gasteiger partial charge in [0.15, 0.2) is 11.5 Å². The first-order chi connectivity index (χ1) is 20.7. The molecule has 0 unspecified atom stereocenters. The molecule has 2 atom stereocenters. The molecule has 0 aliphatic carbocycles. The van der Waals surface area contributed by atoms with Gasteiger partial charge in [0.2, 0.25) is 17.7 Å². The molecule has 0 aromatic heterocycles. The molecule has 9 nitrogen and oxygen atoms in total. The van der Waals surface area contributed by atoms with E-state index in [1.807, 2.05) is 56.3 Å². The van der Waals surface area contributed by atoms with Crippen LogP contribution in [0, 0.1) is 0 Å². The van der Waals surface area contributed by atoms with E-state index in [0.717, 1.165) is 16.7 Å². The molecule has 1 heterocycles. The largest absolute Gasteiger partial charge is 0.493 e. The van der Waals surface area contributed by atoms with Gasteiger partial charge in [0, 0.05) is 24.2 Å². The molecule has 1 aliphatic heterocycles. The monoisotopic (exact) mass is 603 g/mol. The Morgan fingerprint density at radius 2 is 1.81 bits per heavy atom. The molecule has 226 valence electrons. The summed E-state index contributed by atoms with van der Waals surface area (Å²) in [5, 5.41) is 1.91. The summed E-state index contributed by atoms with van der Waals surface area (Å²) in [4.78, 5) is 40.2. The van der Waals surface area contributed by atoms with Gasteiger partial charge in [-0.15, -0.1) is 11.8 Å². The fourth-order valence-corrected chi connectivity index (χ4v) is 6.10. The minimum absolute atomic E-state index is 0.0125. The average Bonchev–Trinajstić information content (AvgIpc) is 3.32. The Hall–Kier alpha value is -4.44. The third kappa shape index (κ3) is 8.10. The van der Waals surface area contributed by atoms with Gasteiger partial charge in [-0.3, -0.25) is 19.3 Å². The molecule has 3 amide bonds. The normalized spacial score (nSPS) is 16.1. The maximum Gasteiger partial charge on any atom is 0.248 e. The van der Waals surface area contributed by atoms with Crippen molar-refractivity contribution in [3.63, 3.8) is 0 Å². The lowest BCUT2D eigenvalue weighted by Crippen LogP contribution is -2.34. The highest BCUT2D eigenvalue weighted by Crippen LogP contribution is 2.47. The Balaban J connectivity index is 1.47. The highest BCUT2D eigenvalue weighted by Gasteiger charge is 2.43. The van der Waals surface area contributed by atoms with Gasteiger partial charge in [0.25, 0.3) is 0 Å². The van der Waals surface area contributed by atoms with Gasteiger partial charge in [-0.05, 0) is 79.4 Å². The first-order valence-corrected chi connectivity index (χ1v) is 15.0. The van der Waals surface area contributed by atoms with Crippen molar-refractivity contribution in [2.24, 2.45) is 5.73 Å². The van der Waals surface area contributed by atoms with Crippen LogP contribution in [0.2, 0.25) is 0 Å². The van der Waals surface area contributed by atoms with Gasteiger partial charge in [-0.25, -0.2) is 0 Å². The average molecular weight is 604 g/mol. The number of hydrogen-bond acceptors (Lipinski definition) is 7. The molecule has 0 spiro atoms. The Labute approximate surface area is 256 Å². The summed E-state index contributed by atoms with van der Waals surface area (Å²) in [7, 11) is 1.59. The summed E-state index contributed by atoms with van der Waals surface area (Å²) in [6.07, 6.45) is 0.606. The first kappa shape index (κ1) is 31.5. The quantitative estimate of drug-likeness (QED) is 0.248. The second kappa shape index (κ2) is 14.6. The number of carbonyl (C=O) groups is 3. The summed E-state index contributed by atoms with van der Waals surface area (Å²) >= 11 is 1.40. The number of amides is 3. The van der Waals surface area contributed by atoms with Crippen LogP contribution in [0.25, 0.3) is 0 Å². The maximum absolute atomic E-state index is 13.8.